The van der Waals surface area contributed by atoms with E-state index in [1.54, 1.807) is 0 Å². The van der Waals surface area contributed by atoms with Crippen LogP contribution in [0.1, 0.15) is 18.6 Å². The number of hydrogen-bond donors (Lipinski definition) is 0. The van der Waals surface area contributed by atoms with E-state index >= 15 is 0 Å². The summed E-state index contributed by atoms with van der Waals surface area (Å²) in [7, 11) is 0. The van der Waals surface area contributed by atoms with Crippen LogP contribution in [0.15, 0.2) is 30.3 Å². The molecule has 0 bridgehead atoms. The van der Waals surface area contributed by atoms with Crippen LogP contribution in [0.4, 0.5) is 0 Å². The summed E-state index contributed by atoms with van der Waals surface area (Å²) in [5, 5.41) is 0. The summed E-state index contributed by atoms with van der Waals surface area (Å²) in [4.78, 5) is 10.7. The first-order valence-electron chi connectivity index (χ1n) is 4.02. The Labute approximate surface area is 82.5 Å². The van der Waals surface area contributed by atoms with Crippen molar-refractivity contribution < 1.29 is 9.53 Å². The third-order valence-corrected chi connectivity index (χ3v) is 1.90. The van der Waals surface area contributed by atoms with Gasteiger partial charge in [-0.15, -0.1) is 11.6 Å². The molecule has 0 aliphatic rings. The smallest absolute Gasteiger partial charge is 0.303 e. The lowest BCUT2D eigenvalue weighted by Crippen LogP contribution is -2.09. The Kier molecular flexibility index (Phi) is 3.77. The average Bonchev–Trinajstić information content (AvgIpc) is 2.15. The molecule has 1 rings (SSSR count). The Hall–Kier alpha value is -1.02. The second-order valence-electron chi connectivity index (χ2n) is 2.66. The van der Waals surface area contributed by atoms with Gasteiger partial charge in [0.15, 0.2) is 0 Å². The van der Waals surface area contributed by atoms with E-state index in [-0.39, 0.29) is 18.0 Å². The number of ether oxygens (including phenoxy) is 1. The molecule has 0 radical (unpaired) electrons. The monoisotopic (exact) mass is 198 g/mol. The highest BCUT2D eigenvalue weighted by Gasteiger charge is 2.12. The molecule has 0 aliphatic carbocycles. The predicted octanol–water partition coefficient (Wildman–Crippen LogP) is 2.53. The predicted molar refractivity (Wildman–Crippen MR) is 51.7 cm³/mol. The third-order valence-electron chi connectivity index (χ3n) is 1.62. The van der Waals surface area contributed by atoms with Gasteiger partial charge in [-0.1, -0.05) is 30.3 Å². The first-order chi connectivity index (χ1) is 6.24. The van der Waals surface area contributed by atoms with E-state index in [2.05, 4.69) is 0 Å². The van der Waals surface area contributed by atoms with E-state index in [1.807, 2.05) is 30.3 Å². The molecule has 70 valence electrons. The average molecular weight is 199 g/mol. The van der Waals surface area contributed by atoms with E-state index in [4.69, 9.17) is 16.3 Å². The van der Waals surface area contributed by atoms with Crippen molar-refractivity contribution in [2.75, 3.05) is 5.88 Å². The molecule has 2 nitrogen and oxygen atoms in total. The SMILES string of the molecule is CC(=O)O[C@@H](CCl)c1ccccc1. The Morgan fingerprint density at radius 3 is 2.54 bits per heavy atom. The molecule has 0 amide bonds. The van der Waals surface area contributed by atoms with E-state index in [9.17, 15) is 4.79 Å². The third kappa shape index (κ3) is 3.07. The Balaban J connectivity index is 2.73. The summed E-state index contributed by atoms with van der Waals surface area (Å²) >= 11 is 5.67. The summed E-state index contributed by atoms with van der Waals surface area (Å²) < 4.78 is 5.01. The van der Waals surface area contributed by atoms with Gasteiger partial charge in [0.2, 0.25) is 0 Å². The molecule has 3 heteroatoms. The summed E-state index contributed by atoms with van der Waals surface area (Å²) in [6, 6.07) is 9.45. The van der Waals surface area contributed by atoms with Crippen LogP contribution in [0.2, 0.25) is 0 Å². The zero-order chi connectivity index (χ0) is 9.68. The number of halogens is 1. The zero-order valence-corrected chi connectivity index (χ0v) is 8.12. The lowest BCUT2D eigenvalue weighted by atomic mass is 10.1. The highest BCUT2D eigenvalue weighted by molar-refractivity contribution is 6.18. The quantitative estimate of drug-likeness (QED) is 0.551. The van der Waals surface area contributed by atoms with Gasteiger partial charge in [0.1, 0.15) is 6.10 Å². The molecule has 1 aromatic carbocycles. The zero-order valence-electron chi connectivity index (χ0n) is 7.37. The molecule has 1 atom stereocenters. The molecule has 0 aliphatic heterocycles. The van der Waals surface area contributed by atoms with Crippen LogP contribution in [0, 0.1) is 0 Å². The number of hydrogen-bond acceptors (Lipinski definition) is 2. The van der Waals surface area contributed by atoms with E-state index in [1.165, 1.54) is 6.92 Å². The van der Waals surface area contributed by atoms with Crippen LogP contribution < -0.4 is 0 Å². The molecule has 0 spiro atoms. The minimum absolute atomic E-state index is 0.281. The molecule has 0 unspecified atom stereocenters. The molecule has 1 aromatic rings. The molecule has 0 aromatic heterocycles. The summed E-state index contributed by atoms with van der Waals surface area (Å²) in [5.41, 5.74) is 0.924. The van der Waals surface area contributed by atoms with E-state index < -0.39 is 0 Å². The van der Waals surface area contributed by atoms with Crippen LogP contribution in [0.5, 0.6) is 0 Å². The Morgan fingerprint density at radius 2 is 2.08 bits per heavy atom. The van der Waals surface area contributed by atoms with Gasteiger partial charge in [0.25, 0.3) is 0 Å². The molecular weight excluding hydrogens is 188 g/mol. The van der Waals surface area contributed by atoms with Crippen molar-refractivity contribution in [2.24, 2.45) is 0 Å². The lowest BCUT2D eigenvalue weighted by Gasteiger charge is -2.13. The number of esters is 1. The van der Waals surface area contributed by atoms with Gasteiger partial charge in [-0.05, 0) is 5.56 Å². The van der Waals surface area contributed by atoms with Crippen LogP contribution in [0.25, 0.3) is 0 Å². The van der Waals surface area contributed by atoms with Gasteiger partial charge >= 0.3 is 5.97 Å². The molecular formula is C10H11ClO2. The van der Waals surface area contributed by atoms with Crippen molar-refractivity contribution in [1.29, 1.82) is 0 Å². The highest BCUT2D eigenvalue weighted by Crippen LogP contribution is 2.18. The maximum absolute atomic E-state index is 10.7. The second-order valence-corrected chi connectivity index (χ2v) is 2.97. The van der Waals surface area contributed by atoms with Crippen molar-refractivity contribution >= 4 is 17.6 Å². The molecule has 13 heavy (non-hydrogen) atoms. The fourth-order valence-electron chi connectivity index (χ4n) is 1.06. The van der Waals surface area contributed by atoms with Gasteiger partial charge < -0.3 is 4.74 Å². The maximum atomic E-state index is 10.7. The highest BCUT2D eigenvalue weighted by atomic mass is 35.5. The van der Waals surface area contributed by atoms with Crippen LogP contribution in [0.3, 0.4) is 0 Å². The number of carbonyl (C=O) groups excluding carboxylic acids is 1. The van der Waals surface area contributed by atoms with E-state index in [0.717, 1.165) is 5.56 Å². The van der Waals surface area contributed by atoms with Gasteiger partial charge in [0.05, 0.1) is 5.88 Å². The van der Waals surface area contributed by atoms with Crippen LogP contribution in [-0.2, 0) is 9.53 Å². The molecule has 0 saturated heterocycles. The van der Waals surface area contributed by atoms with Gasteiger partial charge in [-0.2, -0.15) is 0 Å². The Bertz CT molecular complexity index is 272. The van der Waals surface area contributed by atoms with Gasteiger partial charge in [0, 0.05) is 6.92 Å². The largest absolute Gasteiger partial charge is 0.456 e. The summed E-state index contributed by atoms with van der Waals surface area (Å²) in [6.45, 7) is 1.38. The minimum Gasteiger partial charge on any atom is -0.456 e. The van der Waals surface area contributed by atoms with Crippen molar-refractivity contribution in [2.45, 2.75) is 13.0 Å². The van der Waals surface area contributed by atoms with Gasteiger partial charge in [-0.3, -0.25) is 4.79 Å². The summed E-state index contributed by atoms with van der Waals surface area (Å²) in [6.07, 6.45) is -0.333. The molecule has 0 N–H and O–H groups in total. The first kappa shape index (κ1) is 10.1. The lowest BCUT2D eigenvalue weighted by molar-refractivity contribution is -0.145. The Morgan fingerprint density at radius 1 is 1.46 bits per heavy atom. The fraction of sp³-hybridized carbons (Fsp3) is 0.300. The number of alkyl halides is 1. The summed E-state index contributed by atoms with van der Waals surface area (Å²) in [5.74, 6) is -0.0293. The molecule has 0 heterocycles. The maximum Gasteiger partial charge on any atom is 0.303 e. The second kappa shape index (κ2) is 4.87. The van der Waals surface area contributed by atoms with Crippen molar-refractivity contribution in [3.8, 4) is 0 Å². The number of benzene rings is 1. The fourth-order valence-corrected chi connectivity index (χ4v) is 1.30. The molecule has 0 fully saturated rings. The van der Waals surface area contributed by atoms with Crippen molar-refractivity contribution in [1.82, 2.24) is 0 Å². The first-order valence-corrected chi connectivity index (χ1v) is 4.55. The van der Waals surface area contributed by atoms with Crippen molar-refractivity contribution in [3.63, 3.8) is 0 Å². The number of rotatable bonds is 3. The van der Waals surface area contributed by atoms with E-state index in [0.29, 0.717) is 0 Å². The van der Waals surface area contributed by atoms with Gasteiger partial charge in [-0.25, -0.2) is 0 Å². The molecule has 0 saturated carbocycles. The number of carbonyl (C=O) groups is 1. The minimum atomic E-state index is -0.333. The topological polar surface area (TPSA) is 26.3 Å². The normalized spacial score (nSPS) is 12.2. The van der Waals surface area contributed by atoms with Crippen LogP contribution in [-0.4, -0.2) is 11.8 Å². The van der Waals surface area contributed by atoms with Crippen molar-refractivity contribution in [3.05, 3.63) is 35.9 Å². The standard InChI is InChI=1S/C10H11ClO2/c1-8(12)13-10(7-11)9-5-3-2-4-6-9/h2-6,10H,7H2,1H3/t10-/m0/s1. The van der Waals surface area contributed by atoms with Crippen LogP contribution >= 0.6 is 11.6 Å².